The number of amides is 1. The molecular weight excluding hydrogens is 354 g/mol. The Morgan fingerprint density at radius 1 is 1.23 bits per heavy atom. The summed E-state index contributed by atoms with van der Waals surface area (Å²) in [4.78, 5) is 18.6. The van der Waals surface area contributed by atoms with E-state index in [1.165, 1.54) is 11.3 Å². The molecule has 0 saturated carbocycles. The predicted molar refractivity (Wildman–Crippen MR) is 97.7 cm³/mol. The third kappa shape index (κ3) is 3.70. The van der Waals surface area contributed by atoms with Crippen molar-refractivity contribution in [2.24, 2.45) is 0 Å². The molecule has 0 aliphatic heterocycles. The van der Waals surface area contributed by atoms with E-state index in [-0.39, 0.29) is 5.91 Å². The molecule has 2 heterocycles. The van der Waals surface area contributed by atoms with Crippen LogP contribution in [0.1, 0.15) is 21.9 Å². The van der Waals surface area contributed by atoms with Crippen molar-refractivity contribution in [2.75, 3.05) is 21.3 Å². The molecule has 0 spiro atoms. The normalized spacial score (nSPS) is 10.6. The zero-order valence-corrected chi connectivity index (χ0v) is 15.8. The fraction of sp³-hybridized carbons (Fsp3) is 0.278. The minimum atomic E-state index is -0.173. The molecule has 0 radical (unpaired) electrons. The third-order valence-corrected chi connectivity index (χ3v) is 4.67. The van der Waals surface area contributed by atoms with Gasteiger partial charge >= 0.3 is 0 Å². The second-order valence-corrected chi connectivity index (χ2v) is 6.56. The molecule has 2 aromatic heterocycles. The van der Waals surface area contributed by atoms with Crippen LogP contribution in [0.5, 0.6) is 11.5 Å². The summed E-state index contributed by atoms with van der Waals surface area (Å²) < 4.78 is 15.6. The van der Waals surface area contributed by atoms with Gasteiger partial charge < -0.3 is 18.9 Å². The van der Waals surface area contributed by atoms with Gasteiger partial charge in [-0.1, -0.05) is 5.16 Å². The lowest BCUT2D eigenvalue weighted by molar-refractivity contribution is 0.0777. The summed E-state index contributed by atoms with van der Waals surface area (Å²) in [6, 6.07) is 7.35. The first-order chi connectivity index (χ1) is 12.5. The van der Waals surface area contributed by atoms with Gasteiger partial charge in [0.2, 0.25) is 0 Å². The maximum Gasteiger partial charge on any atom is 0.273 e. The molecule has 3 aromatic rings. The smallest absolute Gasteiger partial charge is 0.273 e. The van der Waals surface area contributed by atoms with E-state index < -0.39 is 0 Å². The Kier molecular flexibility index (Phi) is 5.22. The highest BCUT2D eigenvalue weighted by Gasteiger charge is 2.18. The monoisotopic (exact) mass is 373 g/mol. The van der Waals surface area contributed by atoms with Crippen molar-refractivity contribution >= 4 is 17.2 Å². The molecular formula is C18H19N3O4S. The summed E-state index contributed by atoms with van der Waals surface area (Å²) in [5, 5.41) is 6.39. The standard InChI is InChI=1S/C18H19N3O4S/c1-11-7-13(20-25-11)9-21(2)18(22)14-10-26-17(19-14)12-5-6-15(23-3)16(8-12)24-4/h5-8,10H,9H2,1-4H3. The van der Waals surface area contributed by atoms with E-state index in [9.17, 15) is 4.79 Å². The molecule has 136 valence electrons. The van der Waals surface area contributed by atoms with E-state index in [1.54, 1.807) is 37.6 Å². The Balaban J connectivity index is 1.77. The van der Waals surface area contributed by atoms with Crippen molar-refractivity contribution < 1.29 is 18.8 Å². The summed E-state index contributed by atoms with van der Waals surface area (Å²) in [7, 11) is 4.88. The second-order valence-electron chi connectivity index (χ2n) is 5.70. The average Bonchev–Trinajstić information content (AvgIpc) is 3.29. The van der Waals surface area contributed by atoms with Gasteiger partial charge in [-0.3, -0.25) is 4.79 Å². The Labute approximate surface area is 155 Å². The summed E-state index contributed by atoms with van der Waals surface area (Å²) in [6.07, 6.45) is 0. The molecule has 0 atom stereocenters. The lowest BCUT2D eigenvalue weighted by atomic mass is 10.2. The van der Waals surface area contributed by atoms with E-state index in [1.807, 2.05) is 25.1 Å². The zero-order chi connectivity index (χ0) is 18.7. The molecule has 0 unspecified atom stereocenters. The minimum absolute atomic E-state index is 0.173. The number of methoxy groups -OCH3 is 2. The lowest BCUT2D eigenvalue weighted by Crippen LogP contribution is -2.26. The highest BCUT2D eigenvalue weighted by atomic mass is 32.1. The number of ether oxygens (including phenoxy) is 2. The minimum Gasteiger partial charge on any atom is -0.493 e. The maximum atomic E-state index is 12.6. The topological polar surface area (TPSA) is 77.7 Å². The highest BCUT2D eigenvalue weighted by molar-refractivity contribution is 7.13. The number of nitrogens with zero attached hydrogens (tertiary/aromatic N) is 3. The predicted octanol–water partition coefficient (Wildman–Crippen LogP) is 3.40. The van der Waals surface area contributed by atoms with Crippen molar-refractivity contribution in [2.45, 2.75) is 13.5 Å². The molecule has 7 nitrogen and oxygen atoms in total. The zero-order valence-electron chi connectivity index (χ0n) is 15.0. The largest absolute Gasteiger partial charge is 0.493 e. The third-order valence-electron chi connectivity index (χ3n) is 3.78. The number of benzene rings is 1. The van der Waals surface area contributed by atoms with Crippen LogP contribution in [0.15, 0.2) is 34.2 Å². The number of hydrogen-bond acceptors (Lipinski definition) is 7. The Morgan fingerprint density at radius 3 is 2.65 bits per heavy atom. The van der Waals surface area contributed by atoms with Gasteiger partial charge in [0.15, 0.2) is 11.5 Å². The first-order valence-electron chi connectivity index (χ1n) is 7.87. The molecule has 3 rings (SSSR count). The molecule has 26 heavy (non-hydrogen) atoms. The first-order valence-corrected chi connectivity index (χ1v) is 8.75. The van der Waals surface area contributed by atoms with E-state index in [2.05, 4.69) is 10.1 Å². The molecule has 1 aromatic carbocycles. The van der Waals surface area contributed by atoms with Crippen LogP contribution in [0.4, 0.5) is 0 Å². The fourth-order valence-electron chi connectivity index (χ4n) is 2.48. The van der Waals surface area contributed by atoms with Crippen molar-refractivity contribution in [1.29, 1.82) is 0 Å². The number of carbonyl (C=O) groups excluding carboxylic acids is 1. The van der Waals surface area contributed by atoms with Crippen molar-refractivity contribution in [3.8, 4) is 22.1 Å². The van der Waals surface area contributed by atoms with Crippen LogP contribution in [0.2, 0.25) is 0 Å². The highest BCUT2D eigenvalue weighted by Crippen LogP contribution is 2.33. The van der Waals surface area contributed by atoms with Gasteiger partial charge in [0.05, 0.1) is 20.8 Å². The molecule has 0 fully saturated rings. The van der Waals surface area contributed by atoms with E-state index in [4.69, 9.17) is 14.0 Å². The van der Waals surface area contributed by atoms with E-state index >= 15 is 0 Å². The van der Waals surface area contributed by atoms with Gasteiger partial charge in [-0.25, -0.2) is 4.98 Å². The summed E-state index contributed by atoms with van der Waals surface area (Å²) in [5.74, 6) is 1.80. The van der Waals surface area contributed by atoms with Gasteiger partial charge in [-0.05, 0) is 25.1 Å². The quantitative estimate of drug-likeness (QED) is 0.659. The number of thiazole rings is 1. The Morgan fingerprint density at radius 2 is 2.00 bits per heavy atom. The van der Waals surface area contributed by atoms with Gasteiger partial charge in [-0.15, -0.1) is 11.3 Å². The maximum absolute atomic E-state index is 12.6. The molecule has 0 aliphatic rings. The van der Waals surface area contributed by atoms with Crippen LogP contribution < -0.4 is 9.47 Å². The SMILES string of the molecule is COc1ccc(-c2nc(C(=O)N(C)Cc3cc(C)on3)cs2)cc1OC. The fourth-order valence-corrected chi connectivity index (χ4v) is 3.27. The van der Waals surface area contributed by atoms with Crippen molar-refractivity contribution in [3.63, 3.8) is 0 Å². The van der Waals surface area contributed by atoms with Gasteiger partial charge in [0, 0.05) is 24.1 Å². The molecule has 0 saturated heterocycles. The molecule has 0 N–H and O–H groups in total. The summed E-state index contributed by atoms with van der Waals surface area (Å²) in [6.45, 7) is 2.17. The van der Waals surface area contributed by atoms with Crippen LogP contribution in [0.3, 0.4) is 0 Å². The van der Waals surface area contributed by atoms with E-state index in [0.717, 1.165) is 10.6 Å². The Bertz CT molecular complexity index is 919. The average molecular weight is 373 g/mol. The van der Waals surface area contributed by atoms with Gasteiger partial charge in [0.1, 0.15) is 22.2 Å². The summed E-state index contributed by atoms with van der Waals surface area (Å²) in [5.41, 5.74) is 1.96. The molecule has 8 heteroatoms. The number of rotatable bonds is 6. The summed E-state index contributed by atoms with van der Waals surface area (Å²) >= 11 is 1.40. The van der Waals surface area contributed by atoms with Gasteiger partial charge in [-0.2, -0.15) is 0 Å². The second kappa shape index (κ2) is 7.57. The van der Waals surface area contributed by atoms with Gasteiger partial charge in [0.25, 0.3) is 5.91 Å². The van der Waals surface area contributed by atoms with Crippen LogP contribution in [-0.4, -0.2) is 42.2 Å². The van der Waals surface area contributed by atoms with Crippen LogP contribution in [0.25, 0.3) is 10.6 Å². The molecule has 0 aliphatic carbocycles. The van der Waals surface area contributed by atoms with E-state index in [0.29, 0.717) is 35.2 Å². The van der Waals surface area contributed by atoms with Crippen molar-refractivity contribution in [1.82, 2.24) is 15.0 Å². The van der Waals surface area contributed by atoms with Crippen molar-refractivity contribution in [3.05, 3.63) is 46.8 Å². The first kappa shape index (κ1) is 17.9. The number of aromatic nitrogens is 2. The van der Waals surface area contributed by atoms with Crippen LogP contribution in [0, 0.1) is 6.92 Å². The molecule has 0 bridgehead atoms. The Hall–Kier alpha value is -2.87. The number of hydrogen-bond donors (Lipinski definition) is 0. The number of carbonyl (C=O) groups is 1. The molecule has 1 amide bonds. The van der Waals surface area contributed by atoms with Crippen LogP contribution >= 0.6 is 11.3 Å². The van der Waals surface area contributed by atoms with Crippen LogP contribution in [-0.2, 0) is 6.54 Å². The lowest BCUT2D eigenvalue weighted by Gasteiger charge is -2.13. The number of aryl methyl sites for hydroxylation is 1.